The normalized spacial score (nSPS) is 31.7. The molecule has 4 nitrogen and oxygen atoms in total. The van der Waals surface area contributed by atoms with Crippen molar-refractivity contribution < 1.29 is 19.5 Å². The maximum Gasteiger partial charge on any atom is 0.0720 e. The van der Waals surface area contributed by atoms with Gasteiger partial charge in [0.2, 0.25) is 0 Å². The number of aliphatic hydroxyl groups excluding tert-OH is 3. The molecule has 0 spiro atoms. The summed E-state index contributed by atoms with van der Waals surface area (Å²) in [5.74, 6) is 0.464. The molecule has 0 radical (unpaired) electrons. The van der Waals surface area contributed by atoms with Gasteiger partial charge in [-0.25, -0.2) is 0 Å². The van der Waals surface area contributed by atoms with Gasteiger partial charge in [0.25, 0.3) is 0 Å². The van der Waals surface area contributed by atoms with Crippen LogP contribution in [0, 0.1) is 10.8 Å². The molecule has 0 unspecified atom stereocenters. The lowest BCUT2D eigenvalue weighted by Gasteiger charge is -2.50. The van der Waals surface area contributed by atoms with Gasteiger partial charge in [-0.05, 0) is 24.0 Å². The predicted molar refractivity (Wildman–Crippen MR) is 103 cm³/mol. The number of hydrogen-bond acceptors (Lipinski definition) is 4. The summed E-state index contributed by atoms with van der Waals surface area (Å²) in [7, 11) is -1.23. The Labute approximate surface area is 157 Å². The second-order valence-electron chi connectivity index (χ2n) is 7.50. The van der Waals surface area contributed by atoms with Gasteiger partial charge in [-0.2, -0.15) is 0 Å². The molecule has 0 aromatic heterocycles. The summed E-state index contributed by atoms with van der Waals surface area (Å²) in [5, 5.41) is 31.7. The number of aliphatic hydroxyl groups is 3. The van der Waals surface area contributed by atoms with Crippen molar-refractivity contribution in [2.45, 2.75) is 18.9 Å². The molecule has 140 valence electrons. The largest absolute Gasteiger partial charge is 0.396 e. The standard InChI is InChI=1S/C21H26O4S/c22-13-20(11-17-7-3-1-4-8-17)15-26(25)16-21(14-23,19(20)24)12-18-9-5-2-6-10-18/h1-10,19,22-24H,11-16H2/t19?,20-,21-,26?/m0/s1. The van der Waals surface area contributed by atoms with E-state index in [1.807, 2.05) is 60.7 Å². The lowest BCUT2D eigenvalue weighted by atomic mass is 9.65. The van der Waals surface area contributed by atoms with Gasteiger partial charge in [0.1, 0.15) is 0 Å². The van der Waals surface area contributed by atoms with Gasteiger partial charge in [-0.1, -0.05) is 60.7 Å². The van der Waals surface area contributed by atoms with Gasteiger partial charge in [0, 0.05) is 33.1 Å². The fourth-order valence-electron chi connectivity index (χ4n) is 4.18. The third-order valence-corrected chi connectivity index (χ3v) is 7.28. The van der Waals surface area contributed by atoms with Crippen molar-refractivity contribution in [3.63, 3.8) is 0 Å². The Hall–Kier alpha value is -1.53. The van der Waals surface area contributed by atoms with E-state index in [4.69, 9.17) is 0 Å². The van der Waals surface area contributed by atoms with Gasteiger partial charge in [0.15, 0.2) is 0 Å². The summed E-state index contributed by atoms with van der Waals surface area (Å²) in [6.45, 7) is -0.545. The maximum atomic E-state index is 12.7. The van der Waals surface area contributed by atoms with Crippen LogP contribution in [0.3, 0.4) is 0 Å². The number of rotatable bonds is 6. The molecule has 1 saturated heterocycles. The van der Waals surface area contributed by atoms with E-state index in [1.54, 1.807) is 0 Å². The van der Waals surface area contributed by atoms with Crippen molar-refractivity contribution in [1.29, 1.82) is 0 Å². The molecule has 3 N–H and O–H groups in total. The molecule has 0 amide bonds. The van der Waals surface area contributed by atoms with Crippen LogP contribution in [-0.4, -0.2) is 50.4 Å². The van der Waals surface area contributed by atoms with Gasteiger partial charge in [-0.15, -0.1) is 0 Å². The summed E-state index contributed by atoms with van der Waals surface area (Å²) in [5.41, 5.74) is 0.0985. The van der Waals surface area contributed by atoms with Gasteiger partial charge in [0.05, 0.1) is 19.3 Å². The zero-order chi connectivity index (χ0) is 18.6. The van der Waals surface area contributed by atoms with Gasteiger partial charge in [-0.3, -0.25) is 4.21 Å². The molecule has 26 heavy (non-hydrogen) atoms. The first-order chi connectivity index (χ1) is 12.5. The SMILES string of the molecule is O=S1C[C@@](CO)(Cc2ccccc2)C(O)[C@](CO)(Cc2ccccc2)C1. The van der Waals surface area contributed by atoms with Crippen LogP contribution in [-0.2, 0) is 23.6 Å². The average Bonchev–Trinajstić information content (AvgIpc) is 2.67. The molecule has 2 aromatic carbocycles. The summed E-state index contributed by atoms with van der Waals surface area (Å²) in [4.78, 5) is 0. The van der Waals surface area contributed by atoms with E-state index in [0.717, 1.165) is 11.1 Å². The molecule has 2 aromatic rings. The summed E-state index contributed by atoms with van der Waals surface area (Å²) >= 11 is 0. The molecular weight excluding hydrogens is 348 g/mol. The number of hydrogen-bond donors (Lipinski definition) is 3. The number of benzene rings is 2. The predicted octanol–water partition coefficient (Wildman–Crippen LogP) is 1.55. The van der Waals surface area contributed by atoms with E-state index >= 15 is 0 Å². The lowest BCUT2D eigenvalue weighted by Crippen LogP contribution is -2.62. The minimum absolute atomic E-state index is 0.232. The smallest absolute Gasteiger partial charge is 0.0720 e. The van der Waals surface area contributed by atoms with Crippen molar-refractivity contribution in [3.05, 3.63) is 71.8 Å². The summed E-state index contributed by atoms with van der Waals surface area (Å²) in [6, 6.07) is 19.3. The van der Waals surface area contributed by atoms with Crippen molar-refractivity contribution in [3.8, 4) is 0 Å². The zero-order valence-corrected chi connectivity index (χ0v) is 15.6. The van der Waals surface area contributed by atoms with Crippen LogP contribution in [0.25, 0.3) is 0 Å². The molecular formula is C21H26O4S. The van der Waals surface area contributed by atoms with Crippen molar-refractivity contribution in [1.82, 2.24) is 0 Å². The topological polar surface area (TPSA) is 77.8 Å². The second kappa shape index (κ2) is 8.01. The first-order valence-electron chi connectivity index (χ1n) is 8.86. The Morgan fingerprint density at radius 3 is 1.54 bits per heavy atom. The highest BCUT2D eigenvalue weighted by Gasteiger charge is 2.55. The maximum absolute atomic E-state index is 12.7. The molecule has 1 aliphatic rings. The Morgan fingerprint density at radius 1 is 0.808 bits per heavy atom. The third-order valence-electron chi connectivity index (χ3n) is 5.48. The third kappa shape index (κ3) is 3.76. The van der Waals surface area contributed by atoms with E-state index in [1.165, 1.54) is 0 Å². The molecule has 1 aliphatic heterocycles. The van der Waals surface area contributed by atoms with Crippen LogP contribution < -0.4 is 0 Å². The minimum atomic E-state index is -1.23. The molecule has 0 aliphatic carbocycles. The molecule has 1 heterocycles. The summed E-state index contributed by atoms with van der Waals surface area (Å²) < 4.78 is 12.7. The second-order valence-corrected chi connectivity index (χ2v) is 8.95. The molecule has 2 atom stereocenters. The van der Waals surface area contributed by atoms with Crippen molar-refractivity contribution in [2.75, 3.05) is 24.7 Å². The molecule has 0 bridgehead atoms. The first-order valence-corrected chi connectivity index (χ1v) is 10.3. The summed E-state index contributed by atoms with van der Waals surface area (Å²) in [6.07, 6.45) is -0.107. The van der Waals surface area contributed by atoms with Crippen LogP contribution in [0.15, 0.2) is 60.7 Å². The van der Waals surface area contributed by atoms with Crippen molar-refractivity contribution >= 4 is 10.8 Å². The lowest BCUT2D eigenvalue weighted by molar-refractivity contribution is -0.100. The molecule has 1 fully saturated rings. The van der Waals surface area contributed by atoms with Crippen LogP contribution in [0.5, 0.6) is 0 Å². The minimum Gasteiger partial charge on any atom is -0.396 e. The van der Waals surface area contributed by atoms with Crippen LogP contribution in [0.1, 0.15) is 11.1 Å². The van der Waals surface area contributed by atoms with E-state index < -0.39 is 27.7 Å². The Morgan fingerprint density at radius 2 is 1.19 bits per heavy atom. The quantitative estimate of drug-likeness (QED) is 0.717. The highest BCUT2D eigenvalue weighted by atomic mass is 32.2. The monoisotopic (exact) mass is 374 g/mol. The molecule has 5 heteroatoms. The molecule has 3 rings (SSSR count). The zero-order valence-electron chi connectivity index (χ0n) is 14.8. The van der Waals surface area contributed by atoms with Crippen molar-refractivity contribution in [2.24, 2.45) is 10.8 Å². The van der Waals surface area contributed by atoms with E-state index in [0.29, 0.717) is 12.8 Å². The van der Waals surface area contributed by atoms with Gasteiger partial charge >= 0.3 is 0 Å². The Kier molecular flexibility index (Phi) is 5.92. The van der Waals surface area contributed by atoms with E-state index in [-0.39, 0.29) is 24.7 Å². The Balaban J connectivity index is 1.96. The highest BCUT2D eigenvalue weighted by Crippen LogP contribution is 2.44. The molecule has 0 saturated carbocycles. The fraction of sp³-hybridized carbons (Fsp3) is 0.429. The van der Waals surface area contributed by atoms with E-state index in [9.17, 15) is 19.5 Å². The van der Waals surface area contributed by atoms with Crippen LogP contribution in [0.4, 0.5) is 0 Å². The van der Waals surface area contributed by atoms with E-state index in [2.05, 4.69) is 0 Å². The Bertz CT molecular complexity index is 675. The fourth-order valence-corrected chi connectivity index (χ4v) is 6.26. The first kappa shape index (κ1) is 19.2. The van der Waals surface area contributed by atoms with Gasteiger partial charge < -0.3 is 15.3 Å². The average molecular weight is 375 g/mol. The van der Waals surface area contributed by atoms with Crippen LogP contribution >= 0.6 is 0 Å². The highest BCUT2D eigenvalue weighted by molar-refractivity contribution is 7.85. The van der Waals surface area contributed by atoms with Crippen LogP contribution in [0.2, 0.25) is 0 Å².